The largest absolute Gasteiger partial charge is 0.480 e. The summed E-state index contributed by atoms with van der Waals surface area (Å²) < 4.78 is 4.76. The molecule has 0 saturated carbocycles. The molecule has 0 fully saturated rings. The number of nitrogens with one attached hydrogen (secondary N) is 2. The number of amides is 1. The van der Waals surface area contributed by atoms with Crippen molar-refractivity contribution in [3.63, 3.8) is 0 Å². The van der Waals surface area contributed by atoms with Crippen molar-refractivity contribution in [1.82, 2.24) is 15.5 Å². The molecular formula is C12H13N3O4. The molecule has 1 aromatic carbocycles. The maximum absolute atomic E-state index is 12.1. The Balaban J connectivity index is 2.24. The normalized spacial score (nSPS) is 12.3. The lowest BCUT2D eigenvalue weighted by atomic mass is 10.1. The summed E-state index contributed by atoms with van der Waals surface area (Å²) >= 11 is 0. The number of carboxylic acids is 1. The Morgan fingerprint density at radius 2 is 2.32 bits per heavy atom. The second kappa shape index (κ2) is 5.49. The molecule has 1 heterocycles. The van der Waals surface area contributed by atoms with E-state index in [-0.39, 0.29) is 6.61 Å². The van der Waals surface area contributed by atoms with Gasteiger partial charge in [0.15, 0.2) is 6.04 Å². The molecule has 0 radical (unpaired) electrons. The van der Waals surface area contributed by atoms with Crippen LogP contribution in [0, 0.1) is 0 Å². The smallest absolute Gasteiger partial charge is 0.328 e. The Labute approximate surface area is 108 Å². The van der Waals surface area contributed by atoms with Gasteiger partial charge in [-0.25, -0.2) is 4.79 Å². The van der Waals surface area contributed by atoms with Gasteiger partial charge in [-0.3, -0.25) is 9.89 Å². The highest BCUT2D eigenvalue weighted by Crippen LogP contribution is 2.15. The Morgan fingerprint density at radius 3 is 3.00 bits per heavy atom. The third kappa shape index (κ3) is 2.71. The van der Waals surface area contributed by atoms with E-state index in [0.29, 0.717) is 11.1 Å². The van der Waals surface area contributed by atoms with Gasteiger partial charge in [0.25, 0.3) is 5.91 Å². The number of rotatable bonds is 5. The van der Waals surface area contributed by atoms with E-state index >= 15 is 0 Å². The molecule has 0 aliphatic rings. The fourth-order valence-electron chi connectivity index (χ4n) is 1.74. The van der Waals surface area contributed by atoms with Crippen LogP contribution < -0.4 is 5.32 Å². The van der Waals surface area contributed by atoms with E-state index in [1.807, 2.05) is 0 Å². The molecule has 19 heavy (non-hydrogen) atoms. The van der Waals surface area contributed by atoms with Gasteiger partial charge in [-0.2, -0.15) is 5.10 Å². The second-order valence-electron chi connectivity index (χ2n) is 3.96. The van der Waals surface area contributed by atoms with Crippen LogP contribution in [0.4, 0.5) is 0 Å². The van der Waals surface area contributed by atoms with E-state index in [1.165, 1.54) is 7.11 Å². The van der Waals surface area contributed by atoms with Crippen molar-refractivity contribution in [3.05, 3.63) is 30.0 Å². The number of methoxy groups -OCH3 is 1. The number of carbonyl (C=O) groups is 2. The van der Waals surface area contributed by atoms with E-state index in [1.54, 1.807) is 24.4 Å². The van der Waals surface area contributed by atoms with Crippen LogP contribution in [0.5, 0.6) is 0 Å². The van der Waals surface area contributed by atoms with E-state index in [0.717, 1.165) is 5.39 Å². The molecule has 1 unspecified atom stereocenters. The fourth-order valence-corrected chi connectivity index (χ4v) is 1.74. The molecule has 7 heteroatoms. The van der Waals surface area contributed by atoms with E-state index in [2.05, 4.69) is 15.5 Å². The Hall–Kier alpha value is -2.41. The topological polar surface area (TPSA) is 104 Å². The quantitative estimate of drug-likeness (QED) is 0.724. The maximum atomic E-state index is 12.1. The SMILES string of the molecule is COCC(NC(=O)c1cccc2cn[nH]c12)C(=O)O. The number of nitrogens with zero attached hydrogens (tertiary/aromatic N) is 1. The van der Waals surface area contributed by atoms with Crippen molar-refractivity contribution < 1.29 is 19.4 Å². The van der Waals surface area contributed by atoms with Crippen molar-refractivity contribution in [2.24, 2.45) is 0 Å². The Kier molecular flexibility index (Phi) is 3.76. The summed E-state index contributed by atoms with van der Waals surface area (Å²) in [7, 11) is 1.37. The van der Waals surface area contributed by atoms with Gasteiger partial charge in [0.1, 0.15) is 0 Å². The molecule has 2 rings (SSSR count). The zero-order valence-corrected chi connectivity index (χ0v) is 10.2. The van der Waals surface area contributed by atoms with Crippen molar-refractivity contribution in [3.8, 4) is 0 Å². The highest BCUT2D eigenvalue weighted by molar-refractivity contribution is 6.06. The van der Waals surface area contributed by atoms with Crippen LogP contribution in [0.25, 0.3) is 10.9 Å². The van der Waals surface area contributed by atoms with Gasteiger partial charge in [-0.05, 0) is 6.07 Å². The minimum atomic E-state index is -1.15. The molecule has 0 bridgehead atoms. The van der Waals surface area contributed by atoms with E-state index < -0.39 is 17.9 Å². The van der Waals surface area contributed by atoms with Crippen LogP contribution in [0.15, 0.2) is 24.4 Å². The number of hydrogen-bond acceptors (Lipinski definition) is 4. The molecule has 1 aromatic heterocycles. The first-order chi connectivity index (χ1) is 9.13. The average molecular weight is 263 g/mol. The second-order valence-corrected chi connectivity index (χ2v) is 3.96. The summed E-state index contributed by atoms with van der Waals surface area (Å²) in [5.74, 6) is -1.63. The van der Waals surface area contributed by atoms with Gasteiger partial charge in [-0.15, -0.1) is 0 Å². The van der Waals surface area contributed by atoms with Crippen molar-refractivity contribution in [2.75, 3.05) is 13.7 Å². The third-order valence-electron chi connectivity index (χ3n) is 2.66. The first-order valence-electron chi connectivity index (χ1n) is 5.58. The van der Waals surface area contributed by atoms with Crippen LogP contribution in [0.1, 0.15) is 10.4 Å². The zero-order valence-electron chi connectivity index (χ0n) is 10.2. The summed E-state index contributed by atoms with van der Waals surface area (Å²) in [4.78, 5) is 23.0. The summed E-state index contributed by atoms with van der Waals surface area (Å²) in [6, 6.07) is 4.02. The van der Waals surface area contributed by atoms with Crippen LogP contribution in [-0.4, -0.2) is 46.9 Å². The summed E-state index contributed by atoms with van der Waals surface area (Å²) in [6.45, 7) is -0.0972. The van der Waals surface area contributed by atoms with Gasteiger partial charge in [-0.1, -0.05) is 12.1 Å². The number of para-hydroxylation sites is 1. The number of hydrogen-bond donors (Lipinski definition) is 3. The molecule has 1 amide bonds. The highest BCUT2D eigenvalue weighted by Gasteiger charge is 2.21. The summed E-state index contributed by atoms with van der Waals surface area (Å²) in [5.41, 5.74) is 0.916. The van der Waals surface area contributed by atoms with Crippen molar-refractivity contribution in [2.45, 2.75) is 6.04 Å². The third-order valence-corrected chi connectivity index (χ3v) is 2.66. The number of fused-ring (bicyclic) bond motifs is 1. The van der Waals surface area contributed by atoms with Crippen LogP contribution in [0.2, 0.25) is 0 Å². The predicted molar refractivity (Wildman–Crippen MR) is 66.9 cm³/mol. The van der Waals surface area contributed by atoms with Gasteiger partial charge < -0.3 is 15.2 Å². The summed E-state index contributed by atoms with van der Waals surface area (Å²) in [5, 5.41) is 18.7. The number of aromatic amines is 1. The first kappa shape index (κ1) is 13.0. The number of carbonyl (C=O) groups excluding carboxylic acids is 1. The molecule has 0 aliphatic carbocycles. The maximum Gasteiger partial charge on any atom is 0.328 e. The fraction of sp³-hybridized carbons (Fsp3) is 0.250. The molecule has 0 saturated heterocycles. The number of carboxylic acid groups (broad SMARTS) is 1. The number of aromatic nitrogens is 2. The average Bonchev–Trinajstić information content (AvgIpc) is 2.85. The minimum Gasteiger partial charge on any atom is -0.480 e. The lowest BCUT2D eigenvalue weighted by Crippen LogP contribution is -2.43. The van der Waals surface area contributed by atoms with Crippen LogP contribution >= 0.6 is 0 Å². The molecule has 0 aliphatic heterocycles. The lowest BCUT2D eigenvalue weighted by molar-refractivity contribution is -0.140. The molecule has 7 nitrogen and oxygen atoms in total. The van der Waals surface area contributed by atoms with Crippen molar-refractivity contribution >= 4 is 22.8 Å². The molecule has 0 spiro atoms. The summed E-state index contributed by atoms with van der Waals surface area (Å²) in [6.07, 6.45) is 1.59. The molecule has 100 valence electrons. The number of H-pyrrole nitrogens is 1. The predicted octanol–water partition coefficient (Wildman–Crippen LogP) is 0.392. The van der Waals surface area contributed by atoms with Gasteiger partial charge in [0, 0.05) is 12.5 Å². The first-order valence-corrected chi connectivity index (χ1v) is 5.58. The number of benzene rings is 1. The van der Waals surface area contributed by atoms with Crippen molar-refractivity contribution in [1.29, 1.82) is 0 Å². The minimum absolute atomic E-state index is 0.0972. The monoisotopic (exact) mass is 263 g/mol. The van der Waals surface area contributed by atoms with E-state index in [4.69, 9.17) is 9.84 Å². The molecular weight excluding hydrogens is 250 g/mol. The number of ether oxygens (including phenoxy) is 1. The zero-order chi connectivity index (χ0) is 13.8. The van der Waals surface area contributed by atoms with E-state index in [9.17, 15) is 9.59 Å². The Bertz CT molecular complexity index is 608. The highest BCUT2D eigenvalue weighted by atomic mass is 16.5. The van der Waals surface area contributed by atoms with Crippen LogP contribution in [-0.2, 0) is 9.53 Å². The molecule has 2 aromatic rings. The molecule has 1 atom stereocenters. The van der Waals surface area contributed by atoms with Gasteiger partial charge in [0.2, 0.25) is 0 Å². The lowest BCUT2D eigenvalue weighted by Gasteiger charge is -2.13. The van der Waals surface area contributed by atoms with Gasteiger partial charge in [0.05, 0.1) is 23.9 Å². The van der Waals surface area contributed by atoms with Gasteiger partial charge >= 0.3 is 5.97 Å². The standard InChI is InChI=1S/C12H13N3O4/c1-19-6-9(12(17)18)14-11(16)8-4-2-3-7-5-13-15-10(7)8/h2-5,9H,6H2,1H3,(H,13,15)(H,14,16)(H,17,18). The number of aliphatic carboxylic acids is 1. The van der Waals surface area contributed by atoms with Crippen LogP contribution in [0.3, 0.4) is 0 Å². The Morgan fingerprint density at radius 1 is 1.53 bits per heavy atom. The molecule has 3 N–H and O–H groups in total.